The lowest BCUT2D eigenvalue weighted by atomic mass is 10.3. The summed E-state index contributed by atoms with van der Waals surface area (Å²) in [5.41, 5.74) is 0.339. The van der Waals surface area contributed by atoms with Crippen LogP contribution in [-0.2, 0) is 18.6 Å². The Hall–Kier alpha value is -0.680. The fraction of sp³-hybridized carbons (Fsp3) is 0.571. The van der Waals surface area contributed by atoms with Crippen LogP contribution in [0.15, 0.2) is 11.6 Å². The Balaban J connectivity index is 4.15. The zero-order valence-electron chi connectivity index (χ0n) is 8.13. The molecule has 1 atom stereocenters. The molecule has 0 radical (unpaired) electrons. The van der Waals surface area contributed by atoms with Gasteiger partial charge in [-0.3, -0.25) is 0 Å². The van der Waals surface area contributed by atoms with E-state index in [0.29, 0.717) is 5.57 Å². The van der Waals surface area contributed by atoms with Crippen molar-refractivity contribution in [2.75, 3.05) is 0 Å². The van der Waals surface area contributed by atoms with Gasteiger partial charge in [-0.2, -0.15) is 0 Å². The first-order valence-corrected chi connectivity index (χ1v) is 5.37. The fourth-order valence-electron chi connectivity index (χ4n) is 0.576. The van der Waals surface area contributed by atoms with E-state index in [0.717, 1.165) is 0 Å². The summed E-state index contributed by atoms with van der Waals surface area (Å²) in [6.45, 7) is 4.39. The topological polar surface area (TPSA) is 93.1 Å². The number of phosphoric acid groups is 1. The van der Waals surface area contributed by atoms with Crippen molar-refractivity contribution in [2.24, 2.45) is 0 Å². The number of hydrogen-bond acceptors (Lipinski definition) is 4. The van der Waals surface area contributed by atoms with E-state index < -0.39 is 20.1 Å². The van der Waals surface area contributed by atoms with Gasteiger partial charge in [-0.1, -0.05) is 6.08 Å². The lowest BCUT2D eigenvalue weighted by Crippen LogP contribution is -2.17. The smallest absolute Gasteiger partial charge is 0.432 e. The van der Waals surface area contributed by atoms with E-state index in [1.165, 1.54) is 19.9 Å². The quantitative estimate of drug-likeness (QED) is 0.319. The zero-order chi connectivity index (χ0) is 11.4. The molecule has 0 fully saturated rings. The number of allylic oxidation sites excluding steroid dienone is 1. The van der Waals surface area contributed by atoms with Crippen LogP contribution in [0.5, 0.6) is 0 Å². The van der Waals surface area contributed by atoms with Crippen molar-refractivity contribution in [3.63, 3.8) is 0 Å². The summed E-state index contributed by atoms with van der Waals surface area (Å²) in [5, 5.41) is 0. The summed E-state index contributed by atoms with van der Waals surface area (Å²) >= 11 is 0. The molecule has 1 unspecified atom stereocenters. The Kier molecular flexibility index (Phi) is 5.01. The molecule has 0 aliphatic heterocycles. The minimum absolute atomic E-state index is 0.339. The van der Waals surface area contributed by atoms with Crippen molar-refractivity contribution in [1.29, 1.82) is 0 Å². The van der Waals surface area contributed by atoms with Crippen LogP contribution in [-0.4, -0.2) is 22.0 Å². The number of carbonyl (C=O) groups is 1. The van der Waals surface area contributed by atoms with Crippen molar-refractivity contribution < 1.29 is 28.4 Å². The average Bonchev–Trinajstić information content (AvgIpc) is 1.99. The predicted molar refractivity (Wildman–Crippen MR) is 48.1 cm³/mol. The van der Waals surface area contributed by atoms with Crippen molar-refractivity contribution in [2.45, 2.75) is 27.1 Å². The van der Waals surface area contributed by atoms with Crippen LogP contribution >= 0.6 is 7.82 Å². The van der Waals surface area contributed by atoms with Crippen LogP contribution in [0.4, 0.5) is 0 Å². The number of ether oxygens (including phenoxy) is 1. The van der Waals surface area contributed by atoms with E-state index in [4.69, 9.17) is 9.79 Å². The number of carbonyl (C=O) groups excluding carboxylic acids is 1. The molecular weight excluding hydrogens is 211 g/mol. The molecule has 0 aliphatic rings. The molecule has 0 heterocycles. The van der Waals surface area contributed by atoms with Gasteiger partial charge >= 0.3 is 13.8 Å². The van der Waals surface area contributed by atoms with Crippen LogP contribution in [0.25, 0.3) is 0 Å². The summed E-state index contributed by atoms with van der Waals surface area (Å²) < 4.78 is 19.0. The molecule has 0 saturated carbocycles. The Morgan fingerprint density at radius 1 is 1.50 bits per heavy atom. The van der Waals surface area contributed by atoms with Gasteiger partial charge in [-0.05, 0) is 20.8 Å². The lowest BCUT2D eigenvalue weighted by molar-refractivity contribution is -0.157. The molecular formula is C7H13O6P. The molecule has 14 heavy (non-hydrogen) atoms. The number of esters is 1. The van der Waals surface area contributed by atoms with E-state index in [1.54, 1.807) is 6.92 Å². The summed E-state index contributed by atoms with van der Waals surface area (Å²) in [4.78, 5) is 27.8. The number of rotatable bonds is 4. The first kappa shape index (κ1) is 13.3. The summed E-state index contributed by atoms with van der Waals surface area (Å²) in [5.74, 6) is -0.673. The highest BCUT2D eigenvalue weighted by Crippen LogP contribution is 2.37. The third kappa shape index (κ3) is 5.88. The van der Waals surface area contributed by atoms with Gasteiger partial charge in [0, 0.05) is 5.57 Å². The van der Waals surface area contributed by atoms with Crippen molar-refractivity contribution in [1.82, 2.24) is 0 Å². The monoisotopic (exact) mass is 224 g/mol. The summed E-state index contributed by atoms with van der Waals surface area (Å²) in [6, 6.07) is 0. The molecule has 7 heteroatoms. The first-order chi connectivity index (χ1) is 6.26. The normalized spacial score (nSPS) is 15.1. The average molecular weight is 224 g/mol. The maximum atomic E-state index is 11.0. The van der Waals surface area contributed by atoms with E-state index in [2.05, 4.69) is 9.26 Å². The molecule has 0 spiro atoms. The van der Waals surface area contributed by atoms with E-state index in [9.17, 15) is 9.36 Å². The minimum atomic E-state index is -4.61. The maximum absolute atomic E-state index is 11.0. The van der Waals surface area contributed by atoms with Gasteiger partial charge in [0.15, 0.2) is 0 Å². The lowest BCUT2D eigenvalue weighted by Gasteiger charge is -2.14. The Morgan fingerprint density at radius 3 is 2.36 bits per heavy atom. The standard InChI is InChI=1S/C7H13O6P/c1-4-5(2)7(8)12-6(3)13-14(9,10)11/h4,6H,1-3H3,(H2,9,10,11)/b5-4+. The van der Waals surface area contributed by atoms with Crippen LogP contribution in [0.1, 0.15) is 20.8 Å². The second kappa shape index (κ2) is 5.26. The third-order valence-corrected chi connectivity index (χ3v) is 1.89. The largest absolute Gasteiger partial charge is 0.472 e. The van der Waals surface area contributed by atoms with Gasteiger partial charge in [0.05, 0.1) is 0 Å². The highest BCUT2D eigenvalue weighted by molar-refractivity contribution is 7.46. The number of phosphoric ester groups is 1. The van der Waals surface area contributed by atoms with Crippen LogP contribution < -0.4 is 0 Å². The second-order valence-electron chi connectivity index (χ2n) is 2.54. The highest BCUT2D eigenvalue weighted by Gasteiger charge is 2.21. The zero-order valence-corrected chi connectivity index (χ0v) is 9.02. The molecule has 2 N–H and O–H groups in total. The Bertz CT molecular complexity index is 278. The molecule has 6 nitrogen and oxygen atoms in total. The summed E-state index contributed by atoms with van der Waals surface area (Å²) in [6.07, 6.45) is 0.241. The fourth-order valence-corrected chi connectivity index (χ4v) is 1.01. The van der Waals surface area contributed by atoms with Gasteiger partial charge in [0.1, 0.15) is 0 Å². The Labute approximate surface area is 81.8 Å². The molecule has 0 amide bonds. The minimum Gasteiger partial charge on any atom is -0.432 e. The van der Waals surface area contributed by atoms with Crippen molar-refractivity contribution >= 4 is 13.8 Å². The molecule has 82 valence electrons. The van der Waals surface area contributed by atoms with E-state index >= 15 is 0 Å². The SMILES string of the molecule is C/C=C(\C)C(=O)OC(C)OP(=O)(O)O. The first-order valence-electron chi connectivity index (χ1n) is 3.84. The highest BCUT2D eigenvalue weighted by atomic mass is 31.2. The van der Waals surface area contributed by atoms with E-state index in [1.807, 2.05) is 0 Å². The van der Waals surface area contributed by atoms with Crippen LogP contribution in [0.3, 0.4) is 0 Å². The Morgan fingerprint density at radius 2 is 2.00 bits per heavy atom. The van der Waals surface area contributed by atoms with Crippen molar-refractivity contribution in [3.05, 3.63) is 11.6 Å². The third-order valence-electron chi connectivity index (χ3n) is 1.31. The van der Waals surface area contributed by atoms with Gasteiger partial charge in [-0.25, -0.2) is 13.9 Å². The van der Waals surface area contributed by atoms with Crippen molar-refractivity contribution in [3.8, 4) is 0 Å². The van der Waals surface area contributed by atoms with Gasteiger partial charge in [0.2, 0.25) is 6.29 Å². The van der Waals surface area contributed by atoms with E-state index in [-0.39, 0.29) is 0 Å². The molecule has 0 saturated heterocycles. The molecule has 0 aromatic rings. The molecule has 0 rings (SSSR count). The van der Waals surface area contributed by atoms with Crippen LogP contribution in [0.2, 0.25) is 0 Å². The predicted octanol–water partition coefficient (Wildman–Crippen LogP) is 0.951. The van der Waals surface area contributed by atoms with Gasteiger partial charge in [0.25, 0.3) is 0 Å². The van der Waals surface area contributed by atoms with Gasteiger partial charge < -0.3 is 14.5 Å². The van der Waals surface area contributed by atoms with Crippen LogP contribution in [0, 0.1) is 0 Å². The molecule has 0 aliphatic carbocycles. The number of hydrogen-bond donors (Lipinski definition) is 2. The molecule has 0 bridgehead atoms. The second-order valence-corrected chi connectivity index (χ2v) is 3.73. The summed E-state index contributed by atoms with van der Waals surface area (Å²) in [7, 11) is -4.61. The van der Waals surface area contributed by atoms with Gasteiger partial charge in [-0.15, -0.1) is 0 Å². The maximum Gasteiger partial charge on any atom is 0.472 e. The molecule has 0 aromatic carbocycles. The molecule has 0 aromatic heterocycles.